The number of halogens is 3. The van der Waals surface area contributed by atoms with Crippen molar-refractivity contribution in [2.24, 2.45) is 10.2 Å². The molecule has 3 aromatic heterocycles. The van der Waals surface area contributed by atoms with Gasteiger partial charge in [0.2, 0.25) is 12.4 Å². The van der Waals surface area contributed by atoms with E-state index in [0.717, 1.165) is 41.6 Å². The second-order valence-electron chi connectivity index (χ2n) is 8.92. The number of aromatic nitrogens is 4. The molecule has 0 saturated carbocycles. The Balaban J connectivity index is 0.000000747. The summed E-state index contributed by atoms with van der Waals surface area (Å²) in [7, 11) is 3.44. The number of nitrogens with zero attached hydrogens (tertiary/aromatic N) is 7. The lowest BCUT2D eigenvalue weighted by atomic mass is 10.0. The van der Waals surface area contributed by atoms with E-state index in [4.69, 9.17) is 4.74 Å². The number of rotatable bonds is 6. The largest absolute Gasteiger partial charge is 0.378 e. The lowest BCUT2D eigenvalue weighted by Gasteiger charge is -2.42. The van der Waals surface area contributed by atoms with Crippen molar-refractivity contribution in [3.05, 3.63) is 30.1 Å². The van der Waals surface area contributed by atoms with Crippen LogP contribution in [0.15, 0.2) is 34.6 Å². The Morgan fingerprint density at radius 1 is 1.19 bits per heavy atom. The van der Waals surface area contributed by atoms with Gasteiger partial charge in [0.05, 0.1) is 36.7 Å². The molecule has 0 aliphatic carbocycles. The van der Waals surface area contributed by atoms with Crippen molar-refractivity contribution >= 4 is 23.0 Å². The van der Waals surface area contributed by atoms with E-state index in [1.165, 1.54) is 0 Å². The number of piperidine rings is 1. The SMILES string of the molecule is CC(F)F.CN=Nc1ccc(-c2ccn3nc(NC4CCN(C5COC5)CC4F)nc(NC)c23)nc1C. The molecule has 5 heterocycles. The lowest BCUT2D eigenvalue weighted by Crippen LogP contribution is -2.57. The first-order valence-electron chi connectivity index (χ1n) is 12.2. The molecule has 2 saturated heterocycles. The fourth-order valence-electron chi connectivity index (χ4n) is 4.41. The van der Waals surface area contributed by atoms with Crippen molar-refractivity contribution in [3.63, 3.8) is 0 Å². The van der Waals surface area contributed by atoms with Crippen LogP contribution in [0.1, 0.15) is 19.0 Å². The van der Waals surface area contributed by atoms with Crippen molar-refractivity contribution in [2.45, 2.75) is 44.9 Å². The number of azo groups is 1. The van der Waals surface area contributed by atoms with E-state index in [1.54, 1.807) is 11.6 Å². The minimum absolute atomic E-state index is 0.330. The highest BCUT2D eigenvalue weighted by molar-refractivity contribution is 5.87. The quantitative estimate of drug-likeness (QED) is 0.467. The molecule has 0 radical (unpaired) electrons. The highest BCUT2D eigenvalue weighted by Crippen LogP contribution is 2.31. The van der Waals surface area contributed by atoms with Crippen molar-refractivity contribution in [1.82, 2.24) is 24.5 Å². The Morgan fingerprint density at radius 3 is 2.54 bits per heavy atom. The molecule has 0 amide bonds. The Labute approximate surface area is 213 Å². The molecule has 2 aliphatic rings. The molecule has 2 atom stereocenters. The van der Waals surface area contributed by atoms with Gasteiger partial charge in [0.15, 0.2) is 5.82 Å². The minimum atomic E-state index is -2.17. The maximum atomic E-state index is 14.9. The zero-order valence-corrected chi connectivity index (χ0v) is 21.3. The first-order valence-corrected chi connectivity index (χ1v) is 12.2. The molecule has 2 aliphatic heterocycles. The highest BCUT2D eigenvalue weighted by atomic mass is 19.3. The average molecular weight is 520 g/mol. The Morgan fingerprint density at radius 2 is 1.95 bits per heavy atom. The van der Waals surface area contributed by atoms with E-state index in [9.17, 15) is 13.2 Å². The Hall–Kier alpha value is -3.32. The molecule has 2 fully saturated rings. The lowest BCUT2D eigenvalue weighted by molar-refractivity contribution is -0.0794. The molecule has 37 heavy (non-hydrogen) atoms. The first kappa shape index (κ1) is 26.7. The molecule has 0 bridgehead atoms. The van der Waals surface area contributed by atoms with Crippen LogP contribution in [0.3, 0.4) is 0 Å². The predicted octanol–water partition coefficient (Wildman–Crippen LogP) is 4.35. The van der Waals surface area contributed by atoms with Gasteiger partial charge in [0.1, 0.15) is 17.4 Å². The fourth-order valence-corrected chi connectivity index (χ4v) is 4.41. The Kier molecular flexibility index (Phi) is 8.54. The van der Waals surface area contributed by atoms with E-state index >= 15 is 0 Å². The zero-order valence-electron chi connectivity index (χ0n) is 21.3. The summed E-state index contributed by atoms with van der Waals surface area (Å²) in [5.41, 5.74) is 4.02. The van der Waals surface area contributed by atoms with Crippen LogP contribution in [-0.2, 0) is 4.74 Å². The number of likely N-dealkylation sites (tertiary alicyclic amines) is 1. The number of ether oxygens (including phenoxy) is 1. The standard InChI is InChI=1S/C22H28FN9O.C2H4F2/c1-13-17(29-25-3)4-5-18(26-13)15-6-9-32-20(15)21(24-2)28-22(30-32)27-19-7-8-31(10-16(19)23)14-11-33-12-14;1-2(3)4/h4-6,9,14,16,19H,7-8,10-12H2,1-3H3,(H2,24,27,28,30);2H,1H3. The van der Waals surface area contributed by atoms with Crippen LogP contribution < -0.4 is 10.6 Å². The molecule has 0 aromatic carbocycles. The van der Waals surface area contributed by atoms with Crippen molar-refractivity contribution in [2.75, 3.05) is 51.0 Å². The maximum Gasteiger partial charge on any atom is 0.243 e. The number of hydrogen-bond donors (Lipinski definition) is 2. The first-order chi connectivity index (χ1) is 17.8. The van der Waals surface area contributed by atoms with Crippen LogP contribution in [-0.4, -0.2) is 89.6 Å². The molecule has 3 aromatic rings. The summed E-state index contributed by atoms with van der Waals surface area (Å²) in [6.07, 6.45) is -0.612. The maximum absolute atomic E-state index is 14.9. The van der Waals surface area contributed by atoms with Crippen LogP contribution in [0.4, 0.5) is 30.6 Å². The van der Waals surface area contributed by atoms with Crippen molar-refractivity contribution < 1.29 is 17.9 Å². The van der Waals surface area contributed by atoms with Gasteiger partial charge in [0.25, 0.3) is 0 Å². The van der Waals surface area contributed by atoms with Crippen LogP contribution in [0.2, 0.25) is 0 Å². The van der Waals surface area contributed by atoms with Crippen LogP contribution in [0, 0.1) is 6.92 Å². The second kappa shape index (κ2) is 11.8. The third kappa shape index (κ3) is 6.16. The number of anilines is 2. The number of aryl methyl sites for hydroxylation is 1. The third-order valence-electron chi connectivity index (χ3n) is 6.31. The van der Waals surface area contributed by atoms with E-state index in [-0.39, 0.29) is 6.04 Å². The van der Waals surface area contributed by atoms with Gasteiger partial charge in [0, 0.05) is 38.9 Å². The topological polar surface area (TPSA) is 104 Å². The van der Waals surface area contributed by atoms with Crippen molar-refractivity contribution in [3.8, 4) is 11.3 Å². The van der Waals surface area contributed by atoms with Gasteiger partial charge in [-0.05, 0) is 38.5 Å². The van der Waals surface area contributed by atoms with Gasteiger partial charge in [-0.2, -0.15) is 15.2 Å². The van der Waals surface area contributed by atoms with Crippen LogP contribution in [0.25, 0.3) is 16.8 Å². The number of hydrogen-bond acceptors (Lipinski definition) is 9. The summed E-state index contributed by atoms with van der Waals surface area (Å²) < 4.78 is 42.6. The molecule has 10 nitrogen and oxygen atoms in total. The summed E-state index contributed by atoms with van der Waals surface area (Å²) in [4.78, 5) is 11.5. The number of pyridine rings is 1. The summed E-state index contributed by atoms with van der Waals surface area (Å²) >= 11 is 0. The third-order valence-corrected chi connectivity index (χ3v) is 6.31. The predicted molar refractivity (Wildman–Crippen MR) is 136 cm³/mol. The van der Waals surface area contributed by atoms with Gasteiger partial charge in [-0.1, -0.05) is 0 Å². The van der Waals surface area contributed by atoms with Gasteiger partial charge in [-0.15, -0.1) is 5.10 Å². The molecular weight excluding hydrogens is 487 g/mol. The normalized spacial score (nSPS) is 20.6. The molecular formula is C24H32F3N9O. The van der Waals surface area contributed by atoms with E-state index < -0.39 is 12.6 Å². The second-order valence-corrected chi connectivity index (χ2v) is 8.92. The van der Waals surface area contributed by atoms with E-state index in [0.29, 0.717) is 44.0 Å². The van der Waals surface area contributed by atoms with Gasteiger partial charge >= 0.3 is 0 Å². The summed E-state index contributed by atoms with van der Waals surface area (Å²) in [6.45, 7) is 5.37. The zero-order chi connectivity index (χ0) is 26.5. The summed E-state index contributed by atoms with van der Waals surface area (Å²) in [5, 5.41) is 18.9. The van der Waals surface area contributed by atoms with E-state index in [1.807, 2.05) is 38.4 Å². The molecule has 0 spiro atoms. The smallest absolute Gasteiger partial charge is 0.243 e. The van der Waals surface area contributed by atoms with E-state index in [2.05, 4.69) is 40.8 Å². The Bertz CT molecular complexity index is 1230. The number of nitrogens with one attached hydrogen (secondary N) is 2. The van der Waals surface area contributed by atoms with Gasteiger partial charge in [-0.3, -0.25) is 9.88 Å². The highest BCUT2D eigenvalue weighted by Gasteiger charge is 2.35. The fraction of sp³-hybridized carbons (Fsp3) is 0.542. The number of alkyl halides is 3. The van der Waals surface area contributed by atoms with Gasteiger partial charge < -0.3 is 15.4 Å². The number of fused-ring (bicyclic) bond motifs is 1. The van der Waals surface area contributed by atoms with Gasteiger partial charge in [-0.25, -0.2) is 17.7 Å². The average Bonchev–Trinajstić information content (AvgIpc) is 3.24. The summed E-state index contributed by atoms with van der Waals surface area (Å²) in [5.74, 6) is 1.04. The van der Waals surface area contributed by atoms with Crippen molar-refractivity contribution in [1.29, 1.82) is 0 Å². The summed E-state index contributed by atoms with van der Waals surface area (Å²) in [6, 6.07) is 5.78. The molecule has 2 N–H and O–H groups in total. The van der Waals surface area contributed by atoms with Crippen LogP contribution >= 0.6 is 0 Å². The minimum Gasteiger partial charge on any atom is -0.378 e. The monoisotopic (exact) mass is 519 g/mol. The molecule has 13 heteroatoms. The van der Waals surface area contributed by atoms with Crippen LogP contribution in [0.5, 0.6) is 0 Å². The molecule has 200 valence electrons. The molecule has 5 rings (SSSR count). The molecule has 2 unspecified atom stereocenters.